The Morgan fingerprint density at radius 2 is 2.54 bits per heavy atom. The molecular weight excluding hydrogens is 184 g/mol. The molecule has 0 saturated heterocycles. The fourth-order valence-corrected chi connectivity index (χ4v) is 2.09. The average Bonchev–Trinajstić information content (AvgIpc) is 2.63. The van der Waals surface area contributed by atoms with Gasteiger partial charge in [0.05, 0.1) is 5.37 Å². The van der Waals surface area contributed by atoms with Crippen LogP contribution in [0.1, 0.15) is 18.2 Å². The Morgan fingerprint density at radius 1 is 1.69 bits per heavy atom. The second kappa shape index (κ2) is 3.72. The molecule has 2 heterocycles. The molecule has 2 rings (SSSR count). The summed E-state index contributed by atoms with van der Waals surface area (Å²) in [5.74, 6) is 0. The van der Waals surface area contributed by atoms with Crippen LogP contribution >= 0.6 is 11.8 Å². The molecule has 1 atom stereocenters. The predicted molar refractivity (Wildman–Crippen MR) is 53.6 cm³/mol. The summed E-state index contributed by atoms with van der Waals surface area (Å²) in [7, 11) is 0. The summed E-state index contributed by atoms with van der Waals surface area (Å²) in [5, 5.41) is 4.57. The van der Waals surface area contributed by atoms with E-state index in [4.69, 9.17) is 4.52 Å². The minimum atomic E-state index is 0.574. The lowest BCUT2D eigenvalue weighted by atomic mass is 10.1. The normalized spacial score (nSPS) is 19.8. The van der Waals surface area contributed by atoms with Gasteiger partial charge < -0.3 is 4.52 Å². The van der Waals surface area contributed by atoms with Crippen molar-refractivity contribution in [3.63, 3.8) is 0 Å². The molecule has 3 nitrogen and oxygen atoms in total. The molecule has 1 aliphatic rings. The van der Waals surface area contributed by atoms with Crippen molar-refractivity contribution in [1.82, 2.24) is 10.1 Å². The number of thioether (sulfide) groups is 1. The number of nitrogens with zero attached hydrogens (tertiary/aromatic N) is 2. The van der Waals surface area contributed by atoms with Crippen molar-refractivity contribution >= 4 is 11.8 Å². The Kier molecular flexibility index (Phi) is 2.60. The fourth-order valence-electron chi connectivity index (χ4n) is 1.61. The van der Waals surface area contributed by atoms with Gasteiger partial charge >= 0.3 is 0 Å². The van der Waals surface area contributed by atoms with E-state index in [0.29, 0.717) is 5.37 Å². The van der Waals surface area contributed by atoms with Gasteiger partial charge in [0.15, 0.2) is 0 Å². The summed E-state index contributed by atoms with van der Waals surface area (Å²) in [6.45, 7) is 4.29. The quantitative estimate of drug-likeness (QED) is 0.724. The van der Waals surface area contributed by atoms with Crippen molar-refractivity contribution < 1.29 is 4.52 Å². The molecule has 0 aliphatic carbocycles. The van der Waals surface area contributed by atoms with Gasteiger partial charge in [0.1, 0.15) is 12.0 Å². The number of hydrogen-bond donors (Lipinski definition) is 0. The molecule has 13 heavy (non-hydrogen) atoms. The SMILES string of the molecule is CSC(C)N1CCc2conc2C1. The number of rotatable bonds is 2. The van der Waals surface area contributed by atoms with Crippen molar-refractivity contribution in [2.75, 3.05) is 12.8 Å². The van der Waals surface area contributed by atoms with Crippen LogP contribution in [0.25, 0.3) is 0 Å². The lowest BCUT2D eigenvalue weighted by molar-refractivity contribution is 0.241. The van der Waals surface area contributed by atoms with Gasteiger partial charge in [0.2, 0.25) is 0 Å². The van der Waals surface area contributed by atoms with Gasteiger partial charge in [-0.2, -0.15) is 0 Å². The van der Waals surface area contributed by atoms with Gasteiger partial charge in [-0.05, 0) is 19.6 Å². The third kappa shape index (κ3) is 1.74. The topological polar surface area (TPSA) is 29.3 Å². The van der Waals surface area contributed by atoms with Gasteiger partial charge in [-0.25, -0.2) is 0 Å². The Labute approximate surface area is 82.5 Å². The van der Waals surface area contributed by atoms with Gasteiger partial charge in [-0.3, -0.25) is 4.90 Å². The summed E-state index contributed by atoms with van der Waals surface area (Å²) in [6, 6.07) is 0. The summed E-state index contributed by atoms with van der Waals surface area (Å²) < 4.78 is 4.95. The van der Waals surface area contributed by atoms with Gasteiger partial charge in [-0.1, -0.05) is 5.16 Å². The van der Waals surface area contributed by atoms with E-state index < -0.39 is 0 Å². The predicted octanol–water partition coefficient (Wildman–Crippen LogP) is 1.74. The molecule has 0 bridgehead atoms. The van der Waals surface area contributed by atoms with E-state index in [1.165, 1.54) is 5.56 Å². The van der Waals surface area contributed by atoms with Crippen LogP contribution in [0.3, 0.4) is 0 Å². The Bertz CT molecular complexity index is 287. The minimum Gasteiger partial charge on any atom is -0.364 e. The van der Waals surface area contributed by atoms with E-state index in [0.717, 1.165) is 25.2 Å². The average molecular weight is 198 g/mol. The molecule has 1 aliphatic heterocycles. The standard InChI is InChI=1S/C9H14N2OS/c1-7(13-2)11-4-3-8-6-12-10-9(8)5-11/h6-7H,3-5H2,1-2H3. The second-order valence-electron chi connectivity index (χ2n) is 3.34. The van der Waals surface area contributed by atoms with Gasteiger partial charge in [0, 0.05) is 18.7 Å². The van der Waals surface area contributed by atoms with E-state index in [1.807, 2.05) is 11.8 Å². The van der Waals surface area contributed by atoms with E-state index in [9.17, 15) is 0 Å². The maximum Gasteiger partial charge on any atom is 0.127 e. The van der Waals surface area contributed by atoms with Crippen LogP contribution in [-0.2, 0) is 13.0 Å². The molecule has 0 spiro atoms. The number of aromatic nitrogens is 1. The fraction of sp³-hybridized carbons (Fsp3) is 0.667. The van der Waals surface area contributed by atoms with Crippen molar-refractivity contribution in [3.8, 4) is 0 Å². The highest BCUT2D eigenvalue weighted by Crippen LogP contribution is 2.22. The lowest BCUT2D eigenvalue weighted by Gasteiger charge is -2.29. The highest BCUT2D eigenvalue weighted by atomic mass is 32.2. The third-order valence-electron chi connectivity index (χ3n) is 2.61. The molecule has 72 valence electrons. The van der Waals surface area contributed by atoms with Crippen molar-refractivity contribution in [1.29, 1.82) is 0 Å². The van der Waals surface area contributed by atoms with E-state index in [2.05, 4.69) is 23.2 Å². The first-order valence-corrected chi connectivity index (χ1v) is 5.79. The van der Waals surface area contributed by atoms with Gasteiger partial charge in [0.25, 0.3) is 0 Å². The molecule has 1 aromatic heterocycles. The second-order valence-corrected chi connectivity index (χ2v) is 4.50. The molecule has 0 fully saturated rings. The first-order valence-electron chi connectivity index (χ1n) is 4.50. The van der Waals surface area contributed by atoms with Crippen LogP contribution in [0.5, 0.6) is 0 Å². The molecule has 0 aromatic carbocycles. The number of hydrogen-bond acceptors (Lipinski definition) is 4. The monoisotopic (exact) mass is 198 g/mol. The summed E-state index contributed by atoms with van der Waals surface area (Å²) >= 11 is 1.88. The molecule has 4 heteroatoms. The number of fused-ring (bicyclic) bond motifs is 1. The van der Waals surface area contributed by atoms with E-state index in [-0.39, 0.29) is 0 Å². The van der Waals surface area contributed by atoms with Crippen molar-refractivity contribution in [2.45, 2.75) is 25.3 Å². The zero-order valence-corrected chi connectivity index (χ0v) is 8.80. The maximum atomic E-state index is 4.95. The largest absolute Gasteiger partial charge is 0.364 e. The highest BCUT2D eigenvalue weighted by Gasteiger charge is 2.22. The smallest absolute Gasteiger partial charge is 0.127 e. The lowest BCUT2D eigenvalue weighted by Crippen LogP contribution is -2.35. The van der Waals surface area contributed by atoms with Crippen LogP contribution in [0, 0.1) is 0 Å². The molecule has 0 saturated carbocycles. The first-order chi connectivity index (χ1) is 6.31. The van der Waals surface area contributed by atoms with Crippen LogP contribution in [0.15, 0.2) is 10.8 Å². The van der Waals surface area contributed by atoms with Crippen LogP contribution < -0.4 is 0 Å². The highest BCUT2D eigenvalue weighted by molar-refractivity contribution is 7.99. The minimum absolute atomic E-state index is 0.574. The molecular formula is C9H14N2OS. The zero-order chi connectivity index (χ0) is 9.26. The van der Waals surface area contributed by atoms with Crippen LogP contribution in [-0.4, -0.2) is 28.2 Å². The molecule has 0 radical (unpaired) electrons. The Balaban J connectivity index is 2.08. The third-order valence-corrected chi connectivity index (χ3v) is 3.59. The zero-order valence-electron chi connectivity index (χ0n) is 7.99. The van der Waals surface area contributed by atoms with Crippen molar-refractivity contribution in [3.05, 3.63) is 17.5 Å². The van der Waals surface area contributed by atoms with Crippen molar-refractivity contribution in [2.24, 2.45) is 0 Å². The van der Waals surface area contributed by atoms with E-state index >= 15 is 0 Å². The molecule has 0 amide bonds. The Morgan fingerprint density at radius 3 is 3.31 bits per heavy atom. The summed E-state index contributed by atoms with van der Waals surface area (Å²) in [4.78, 5) is 2.43. The first kappa shape index (κ1) is 9.09. The molecule has 1 unspecified atom stereocenters. The maximum absolute atomic E-state index is 4.95. The molecule has 1 aromatic rings. The van der Waals surface area contributed by atoms with E-state index in [1.54, 1.807) is 6.26 Å². The summed E-state index contributed by atoms with van der Waals surface area (Å²) in [5.41, 5.74) is 2.40. The van der Waals surface area contributed by atoms with Crippen LogP contribution in [0.4, 0.5) is 0 Å². The van der Waals surface area contributed by atoms with Gasteiger partial charge in [-0.15, -0.1) is 11.8 Å². The molecule has 0 N–H and O–H groups in total. The van der Waals surface area contributed by atoms with Crippen LogP contribution in [0.2, 0.25) is 0 Å². The Hall–Kier alpha value is -0.480. The summed E-state index contributed by atoms with van der Waals surface area (Å²) in [6.07, 6.45) is 4.99.